The van der Waals surface area contributed by atoms with Crippen LogP contribution in [0.3, 0.4) is 0 Å². The monoisotopic (exact) mass is 302 g/mol. The Kier molecular flexibility index (Phi) is 4.02. The van der Waals surface area contributed by atoms with Crippen LogP contribution in [0.5, 0.6) is 0 Å². The molecule has 0 saturated heterocycles. The second-order valence-electron chi connectivity index (χ2n) is 4.37. The molecule has 0 bridgehead atoms. The second kappa shape index (κ2) is 5.59. The van der Waals surface area contributed by atoms with E-state index in [1.54, 1.807) is 0 Å². The van der Waals surface area contributed by atoms with Crippen molar-refractivity contribution in [2.24, 2.45) is 0 Å². The number of nitrogen functional groups attached to an aromatic ring is 1. The first-order chi connectivity index (χ1) is 9.79. The zero-order valence-corrected chi connectivity index (χ0v) is 10.6. The molecule has 2 nitrogen and oxygen atoms in total. The number of anilines is 2. The third kappa shape index (κ3) is 3.42. The van der Waals surface area contributed by atoms with Gasteiger partial charge in [-0.2, -0.15) is 13.2 Å². The van der Waals surface area contributed by atoms with E-state index >= 15 is 0 Å². The molecule has 0 spiro atoms. The summed E-state index contributed by atoms with van der Waals surface area (Å²) in [6, 6.07) is 6.44. The summed E-state index contributed by atoms with van der Waals surface area (Å²) in [5.41, 5.74) is 5.02. The molecule has 7 heteroatoms. The molecule has 0 atom stereocenters. The van der Waals surface area contributed by atoms with Gasteiger partial charge in [-0.25, -0.2) is 8.78 Å². The smallest absolute Gasteiger partial charge is 0.397 e. The van der Waals surface area contributed by atoms with Crippen LogP contribution >= 0.6 is 0 Å². The fraction of sp³-hybridized carbons (Fsp3) is 0.143. The number of halogens is 5. The van der Waals surface area contributed by atoms with E-state index < -0.39 is 23.4 Å². The highest BCUT2D eigenvalue weighted by Gasteiger charge is 2.29. The average Bonchev–Trinajstić information content (AvgIpc) is 2.43. The van der Waals surface area contributed by atoms with Gasteiger partial charge in [0.05, 0.1) is 16.9 Å². The normalized spacial score (nSPS) is 11.5. The van der Waals surface area contributed by atoms with Crippen LogP contribution in [-0.2, 0) is 12.7 Å². The Hall–Kier alpha value is -2.31. The van der Waals surface area contributed by atoms with Gasteiger partial charge < -0.3 is 11.1 Å². The third-order valence-corrected chi connectivity index (χ3v) is 2.88. The summed E-state index contributed by atoms with van der Waals surface area (Å²) in [7, 11) is 0. The number of hydrogen-bond donors (Lipinski definition) is 2. The maximum absolute atomic E-state index is 13.5. The zero-order valence-electron chi connectivity index (χ0n) is 10.6. The Bertz CT molecular complexity index is 635. The first-order valence-corrected chi connectivity index (χ1v) is 5.92. The second-order valence-corrected chi connectivity index (χ2v) is 4.37. The Morgan fingerprint density at radius 1 is 0.952 bits per heavy atom. The van der Waals surface area contributed by atoms with Crippen molar-refractivity contribution in [3.8, 4) is 0 Å². The lowest BCUT2D eigenvalue weighted by Gasteiger charge is -2.12. The van der Waals surface area contributed by atoms with Gasteiger partial charge in [0.15, 0.2) is 11.6 Å². The third-order valence-electron chi connectivity index (χ3n) is 2.88. The SMILES string of the molecule is Nc1ccc(F)c(F)c1NCc1ccc(C(F)(F)F)cc1. The molecule has 2 aromatic rings. The molecule has 0 fully saturated rings. The predicted octanol–water partition coefficient (Wildman–Crippen LogP) is 4.18. The molecule has 0 unspecified atom stereocenters. The van der Waals surface area contributed by atoms with E-state index in [9.17, 15) is 22.0 Å². The van der Waals surface area contributed by atoms with Gasteiger partial charge in [0.25, 0.3) is 0 Å². The van der Waals surface area contributed by atoms with Crippen LogP contribution in [0.4, 0.5) is 33.3 Å². The zero-order chi connectivity index (χ0) is 15.6. The van der Waals surface area contributed by atoms with Crippen molar-refractivity contribution in [1.82, 2.24) is 0 Å². The van der Waals surface area contributed by atoms with E-state index in [2.05, 4.69) is 5.32 Å². The van der Waals surface area contributed by atoms with Crippen molar-refractivity contribution in [3.05, 3.63) is 59.2 Å². The number of nitrogens with one attached hydrogen (secondary N) is 1. The highest BCUT2D eigenvalue weighted by Crippen LogP contribution is 2.29. The van der Waals surface area contributed by atoms with Gasteiger partial charge in [-0.1, -0.05) is 12.1 Å². The quantitative estimate of drug-likeness (QED) is 0.659. The van der Waals surface area contributed by atoms with E-state index in [0.29, 0.717) is 5.56 Å². The van der Waals surface area contributed by atoms with E-state index in [0.717, 1.165) is 18.2 Å². The first-order valence-electron chi connectivity index (χ1n) is 5.92. The van der Waals surface area contributed by atoms with E-state index in [4.69, 9.17) is 5.73 Å². The lowest BCUT2D eigenvalue weighted by Crippen LogP contribution is -2.07. The Morgan fingerprint density at radius 2 is 1.57 bits per heavy atom. The van der Waals surface area contributed by atoms with Crippen molar-refractivity contribution < 1.29 is 22.0 Å². The highest BCUT2D eigenvalue weighted by atomic mass is 19.4. The molecule has 0 saturated carbocycles. The number of nitrogens with two attached hydrogens (primary N) is 1. The fourth-order valence-electron chi connectivity index (χ4n) is 1.75. The molecule has 2 aromatic carbocycles. The van der Waals surface area contributed by atoms with Crippen LogP contribution in [-0.4, -0.2) is 0 Å². The molecular formula is C14H11F5N2. The van der Waals surface area contributed by atoms with Gasteiger partial charge in [0, 0.05) is 6.54 Å². The van der Waals surface area contributed by atoms with Crippen molar-refractivity contribution in [3.63, 3.8) is 0 Å². The van der Waals surface area contributed by atoms with Crippen molar-refractivity contribution >= 4 is 11.4 Å². The lowest BCUT2D eigenvalue weighted by molar-refractivity contribution is -0.137. The van der Waals surface area contributed by atoms with Crippen LogP contribution in [0.1, 0.15) is 11.1 Å². The molecular weight excluding hydrogens is 291 g/mol. The predicted molar refractivity (Wildman–Crippen MR) is 69.5 cm³/mol. The lowest BCUT2D eigenvalue weighted by atomic mass is 10.1. The summed E-state index contributed by atoms with van der Waals surface area (Å²) in [5.74, 6) is -2.18. The minimum atomic E-state index is -4.41. The molecule has 0 aromatic heterocycles. The van der Waals surface area contributed by atoms with E-state index in [-0.39, 0.29) is 17.9 Å². The van der Waals surface area contributed by atoms with Crippen molar-refractivity contribution in [2.45, 2.75) is 12.7 Å². The van der Waals surface area contributed by atoms with Crippen molar-refractivity contribution in [2.75, 3.05) is 11.1 Å². The molecule has 0 aliphatic heterocycles. The topological polar surface area (TPSA) is 38.0 Å². The summed E-state index contributed by atoms with van der Waals surface area (Å²) in [4.78, 5) is 0. The minimum absolute atomic E-state index is 0.0146. The van der Waals surface area contributed by atoms with Gasteiger partial charge in [0.2, 0.25) is 0 Å². The molecule has 3 N–H and O–H groups in total. The summed E-state index contributed by atoms with van der Waals surface area (Å²) in [6.07, 6.45) is -4.41. The number of alkyl halides is 3. The fourth-order valence-corrected chi connectivity index (χ4v) is 1.75. The van der Waals surface area contributed by atoms with E-state index in [1.807, 2.05) is 0 Å². The first kappa shape index (κ1) is 15.1. The van der Waals surface area contributed by atoms with Crippen LogP contribution in [0.15, 0.2) is 36.4 Å². The van der Waals surface area contributed by atoms with Gasteiger partial charge in [-0.3, -0.25) is 0 Å². The Balaban J connectivity index is 2.12. The minimum Gasteiger partial charge on any atom is -0.397 e. The van der Waals surface area contributed by atoms with Crippen molar-refractivity contribution in [1.29, 1.82) is 0 Å². The van der Waals surface area contributed by atoms with Gasteiger partial charge in [0.1, 0.15) is 0 Å². The highest BCUT2D eigenvalue weighted by molar-refractivity contribution is 5.66. The summed E-state index contributed by atoms with van der Waals surface area (Å²) in [6.45, 7) is 0.0166. The van der Waals surface area contributed by atoms with Gasteiger partial charge in [-0.05, 0) is 29.8 Å². The number of rotatable bonds is 3. The van der Waals surface area contributed by atoms with Gasteiger partial charge >= 0.3 is 6.18 Å². The average molecular weight is 302 g/mol. The molecule has 0 amide bonds. The van der Waals surface area contributed by atoms with Crippen LogP contribution < -0.4 is 11.1 Å². The molecule has 21 heavy (non-hydrogen) atoms. The Morgan fingerprint density at radius 3 is 2.14 bits per heavy atom. The molecule has 2 rings (SSSR count). The maximum atomic E-state index is 13.5. The summed E-state index contributed by atoms with van der Waals surface area (Å²) < 4.78 is 63.8. The Labute approximate surface area is 117 Å². The summed E-state index contributed by atoms with van der Waals surface area (Å²) >= 11 is 0. The van der Waals surface area contributed by atoms with Crippen LogP contribution in [0.25, 0.3) is 0 Å². The van der Waals surface area contributed by atoms with E-state index in [1.165, 1.54) is 18.2 Å². The summed E-state index contributed by atoms with van der Waals surface area (Å²) in [5, 5.41) is 2.58. The molecule has 0 aliphatic carbocycles. The van der Waals surface area contributed by atoms with Crippen LogP contribution in [0, 0.1) is 11.6 Å². The molecule has 0 heterocycles. The number of hydrogen-bond acceptors (Lipinski definition) is 2. The van der Waals surface area contributed by atoms with Crippen LogP contribution in [0.2, 0.25) is 0 Å². The molecule has 112 valence electrons. The molecule has 0 radical (unpaired) electrons. The van der Waals surface area contributed by atoms with Gasteiger partial charge in [-0.15, -0.1) is 0 Å². The molecule has 0 aliphatic rings. The number of benzene rings is 2. The maximum Gasteiger partial charge on any atom is 0.416 e. The standard InChI is InChI=1S/C14H11F5N2/c15-10-5-6-11(20)13(12(10)16)21-7-8-1-3-9(4-2-8)14(17,18)19/h1-6,21H,7,20H2. The largest absolute Gasteiger partial charge is 0.416 e.